The summed E-state index contributed by atoms with van der Waals surface area (Å²) >= 11 is 0. The topological polar surface area (TPSA) is 105 Å². The number of rotatable bonds is 5. The van der Waals surface area contributed by atoms with E-state index in [0.29, 0.717) is 35.0 Å². The van der Waals surface area contributed by atoms with E-state index in [1.807, 2.05) is 37.3 Å². The van der Waals surface area contributed by atoms with Gasteiger partial charge in [-0.2, -0.15) is 0 Å². The van der Waals surface area contributed by atoms with Gasteiger partial charge in [-0.3, -0.25) is 9.36 Å². The van der Waals surface area contributed by atoms with Crippen LogP contribution in [0.25, 0.3) is 10.9 Å². The van der Waals surface area contributed by atoms with Crippen LogP contribution in [0.2, 0.25) is 0 Å². The molecule has 2 aromatic carbocycles. The highest BCUT2D eigenvalue weighted by molar-refractivity contribution is 5.87. The van der Waals surface area contributed by atoms with Crippen molar-refractivity contribution in [2.45, 2.75) is 25.8 Å². The van der Waals surface area contributed by atoms with E-state index in [2.05, 4.69) is 21.8 Å². The lowest BCUT2D eigenvalue weighted by Crippen LogP contribution is -2.38. The summed E-state index contributed by atoms with van der Waals surface area (Å²) in [6.45, 7) is 1.86. The van der Waals surface area contributed by atoms with Crippen LogP contribution >= 0.6 is 0 Å². The molecule has 2 aromatic heterocycles. The predicted molar refractivity (Wildman–Crippen MR) is 125 cm³/mol. The smallest absolute Gasteiger partial charge is 0.335 e. The van der Waals surface area contributed by atoms with Crippen molar-refractivity contribution in [3.05, 3.63) is 110 Å². The first-order chi connectivity index (χ1) is 16.0. The number of nitrogens with one attached hydrogen (secondary N) is 1. The lowest BCUT2D eigenvalue weighted by Gasteiger charge is -2.18. The number of H-pyrrole nitrogens is 1. The average Bonchev–Trinajstić information content (AvgIpc) is 2.83. The van der Waals surface area contributed by atoms with Gasteiger partial charge in [0, 0.05) is 6.42 Å². The predicted octanol–water partition coefficient (Wildman–Crippen LogP) is 3.38. The molecule has 0 radical (unpaired) electrons. The molecule has 0 aliphatic heterocycles. The molecule has 7 nitrogen and oxygen atoms in total. The number of fused-ring (bicyclic) bond motifs is 1. The quantitative estimate of drug-likeness (QED) is 0.464. The summed E-state index contributed by atoms with van der Waals surface area (Å²) in [6, 6.07) is 17.0. The maximum absolute atomic E-state index is 13.3. The molecule has 0 spiro atoms. The Bertz CT molecular complexity index is 1490. The van der Waals surface area contributed by atoms with Crippen LogP contribution in [0.15, 0.2) is 76.4 Å². The average molecular weight is 439 g/mol. The maximum Gasteiger partial charge on any atom is 0.335 e. The number of hydrogen-bond acceptors (Lipinski definition) is 4. The Labute approximate surface area is 189 Å². The highest BCUT2D eigenvalue weighted by Gasteiger charge is 2.19. The summed E-state index contributed by atoms with van der Waals surface area (Å²) in [5.74, 6) is 5.00. The van der Waals surface area contributed by atoms with Gasteiger partial charge in [0.15, 0.2) is 0 Å². The van der Waals surface area contributed by atoms with E-state index in [9.17, 15) is 14.4 Å². The van der Waals surface area contributed by atoms with Crippen LogP contribution in [0.4, 0.5) is 0 Å². The molecule has 1 unspecified atom stereocenters. The molecular formula is C26H21N3O4. The van der Waals surface area contributed by atoms with Crippen molar-refractivity contribution in [1.82, 2.24) is 14.5 Å². The summed E-state index contributed by atoms with van der Waals surface area (Å²) in [4.78, 5) is 44.2. The normalized spacial score (nSPS) is 11.5. The fourth-order valence-electron chi connectivity index (χ4n) is 3.73. The molecule has 2 N–H and O–H groups in total. The first-order valence-electron chi connectivity index (χ1n) is 10.5. The van der Waals surface area contributed by atoms with Gasteiger partial charge in [0.2, 0.25) is 0 Å². The second-order valence-electron chi connectivity index (χ2n) is 7.54. The van der Waals surface area contributed by atoms with Crippen LogP contribution in [-0.2, 0) is 6.42 Å². The molecule has 164 valence electrons. The minimum atomic E-state index is -1.04. The lowest BCUT2D eigenvalue weighted by atomic mass is 10.0. The monoisotopic (exact) mass is 439 g/mol. The zero-order chi connectivity index (χ0) is 23.4. The van der Waals surface area contributed by atoms with E-state index in [1.165, 1.54) is 22.9 Å². The van der Waals surface area contributed by atoms with E-state index in [4.69, 9.17) is 5.11 Å². The van der Waals surface area contributed by atoms with Crippen LogP contribution in [0, 0.1) is 11.8 Å². The van der Waals surface area contributed by atoms with Crippen molar-refractivity contribution in [2.75, 3.05) is 0 Å². The Morgan fingerprint density at radius 1 is 1.12 bits per heavy atom. The van der Waals surface area contributed by atoms with E-state index in [1.54, 1.807) is 18.2 Å². The summed E-state index contributed by atoms with van der Waals surface area (Å²) in [7, 11) is 0. The highest BCUT2D eigenvalue weighted by Crippen LogP contribution is 2.20. The summed E-state index contributed by atoms with van der Waals surface area (Å²) < 4.78 is 1.17. The molecule has 1 atom stereocenters. The van der Waals surface area contributed by atoms with Crippen molar-refractivity contribution < 1.29 is 9.90 Å². The van der Waals surface area contributed by atoms with Gasteiger partial charge >= 0.3 is 11.7 Å². The summed E-state index contributed by atoms with van der Waals surface area (Å²) in [6.07, 6.45) is 2.47. The summed E-state index contributed by atoms with van der Waals surface area (Å²) in [5, 5.41) is 9.43. The third-order valence-corrected chi connectivity index (χ3v) is 5.41. The minimum Gasteiger partial charge on any atom is -0.478 e. The van der Waals surface area contributed by atoms with Crippen LogP contribution in [0.1, 0.15) is 46.6 Å². The fourth-order valence-corrected chi connectivity index (χ4v) is 3.73. The number of aromatic nitrogens is 3. The van der Waals surface area contributed by atoms with E-state index >= 15 is 0 Å². The van der Waals surface area contributed by atoms with E-state index in [0.717, 1.165) is 5.56 Å². The molecule has 4 rings (SSSR count). The number of nitrogens with zero attached hydrogens (tertiary/aromatic N) is 2. The number of carboxylic acids is 1. The van der Waals surface area contributed by atoms with Gasteiger partial charge in [-0.05, 0) is 41.7 Å². The van der Waals surface area contributed by atoms with E-state index in [-0.39, 0.29) is 5.56 Å². The van der Waals surface area contributed by atoms with Gasteiger partial charge in [0.1, 0.15) is 5.69 Å². The third-order valence-electron chi connectivity index (χ3n) is 5.41. The molecule has 2 heterocycles. The number of hydrogen-bond donors (Lipinski definition) is 2. The van der Waals surface area contributed by atoms with Gasteiger partial charge in [-0.1, -0.05) is 55.3 Å². The first kappa shape index (κ1) is 21.8. The van der Waals surface area contributed by atoms with Crippen LogP contribution < -0.4 is 11.2 Å². The molecule has 0 amide bonds. The largest absolute Gasteiger partial charge is 0.478 e. The number of carboxylic acid groups (broad SMARTS) is 1. The van der Waals surface area contributed by atoms with Gasteiger partial charge in [0.25, 0.3) is 5.56 Å². The molecule has 0 saturated heterocycles. The minimum absolute atomic E-state index is 0.137. The highest BCUT2D eigenvalue weighted by atomic mass is 16.4. The molecule has 0 aliphatic carbocycles. The van der Waals surface area contributed by atoms with Crippen LogP contribution in [-0.4, -0.2) is 25.6 Å². The molecule has 0 bridgehead atoms. The van der Waals surface area contributed by atoms with Gasteiger partial charge in [-0.25, -0.2) is 14.6 Å². The molecule has 0 fully saturated rings. The second kappa shape index (κ2) is 9.37. The van der Waals surface area contributed by atoms with Crippen molar-refractivity contribution in [3.63, 3.8) is 0 Å². The number of aromatic amines is 1. The summed E-state index contributed by atoms with van der Waals surface area (Å²) in [5.41, 5.74) is 1.67. The standard InChI is InChI=1S/C26H21N3O4/c1-2-23(18-11-13-19(14-12-18)25(31)32)29-24(30)21-15-20(27-16-22(21)28-26(29)33)10-6-9-17-7-4-3-5-8-17/h3-5,7-8,11-16,23H,2,9H2,1H3,(H,28,33)(H,31,32). The van der Waals surface area contributed by atoms with Gasteiger partial charge in [-0.15, -0.1) is 0 Å². The number of carbonyl (C=O) groups is 1. The zero-order valence-electron chi connectivity index (χ0n) is 17.9. The Morgan fingerprint density at radius 3 is 2.52 bits per heavy atom. The van der Waals surface area contributed by atoms with E-state index < -0.39 is 23.3 Å². The van der Waals surface area contributed by atoms with Crippen molar-refractivity contribution in [3.8, 4) is 11.8 Å². The molecule has 0 aliphatic rings. The third kappa shape index (κ3) is 4.60. The lowest BCUT2D eigenvalue weighted by molar-refractivity contribution is 0.0697. The second-order valence-corrected chi connectivity index (χ2v) is 7.54. The van der Waals surface area contributed by atoms with Crippen molar-refractivity contribution in [1.29, 1.82) is 0 Å². The van der Waals surface area contributed by atoms with Crippen molar-refractivity contribution in [2.24, 2.45) is 0 Å². The fraction of sp³-hybridized carbons (Fsp3) is 0.154. The Hall–Kier alpha value is -4.44. The number of pyridine rings is 1. The van der Waals surface area contributed by atoms with Gasteiger partial charge < -0.3 is 10.1 Å². The Morgan fingerprint density at radius 2 is 1.85 bits per heavy atom. The molecule has 0 saturated carbocycles. The molecule has 7 heteroatoms. The van der Waals surface area contributed by atoms with Crippen molar-refractivity contribution >= 4 is 16.9 Å². The van der Waals surface area contributed by atoms with Crippen LogP contribution in [0.3, 0.4) is 0 Å². The number of benzene rings is 2. The Kier molecular flexibility index (Phi) is 6.18. The molecule has 4 aromatic rings. The Balaban J connectivity index is 1.73. The van der Waals surface area contributed by atoms with Gasteiger partial charge in [0.05, 0.1) is 28.7 Å². The zero-order valence-corrected chi connectivity index (χ0v) is 17.9. The molecule has 33 heavy (non-hydrogen) atoms. The SMILES string of the molecule is CCC(c1ccc(C(=O)O)cc1)n1c(=O)[nH]c2cnc(C#CCc3ccccc3)cc2c1=O. The maximum atomic E-state index is 13.3. The number of aromatic carboxylic acids is 1. The van der Waals surface area contributed by atoms with Crippen LogP contribution in [0.5, 0.6) is 0 Å². The first-order valence-corrected chi connectivity index (χ1v) is 10.5. The molecular weight excluding hydrogens is 418 g/mol.